The molecule has 0 fully saturated rings. The van der Waals surface area contributed by atoms with Gasteiger partial charge in [0.1, 0.15) is 5.52 Å². The summed E-state index contributed by atoms with van der Waals surface area (Å²) in [6.45, 7) is 4.22. The first-order valence-electron chi connectivity index (χ1n) is 9.12. The van der Waals surface area contributed by atoms with Crippen LogP contribution in [0.4, 0.5) is 0 Å². The molecule has 7 heteroatoms. The summed E-state index contributed by atoms with van der Waals surface area (Å²) in [5, 5.41) is 0. The predicted octanol–water partition coefficient (Wildman–Crippen LogP) is 3.78. The normalized spacial score (nSPS) is 11.7. The van der Waals surface area contributed by atoms with Gasteiger partial charge in [0.15, 0.2) is 11.5 Å². The number of H-pyrrole nitrogens is 2. The molecule has 0 spiro atoms. The minimum atomic E-state index is -0.224. The highest BCUT2D eigenvalue weighted by Crippen LogP contribution is 2.25. The van der Waals surface area contributed by atoms with Gasteiger partial charge < -0.3 is 9.97 Å². The quantitative estimate of drug-likeness (QED) is 0.505. The SMILES string of the molecule is CC(C)c1ccccc1-n1c(=O)[nH]c2cnc(-c3ccc4nc[nH]c4c3)nc21. The van der Waals surface area contributed by atoms with E-state index >= 15 is 0 Å². The number of aromatic nitrogens is 6. The van der Waals surface area contributed by atoms with Gasteiger partial charge in [0.05, 0.1) is 29.2 Å². The zero-order chi connectivity index (χ0) is 19.3. The van der Waals surface area contributed by atoms with Crippen molar-refractivity contribution >= 4 is 22.2 Å². The van der Waals surface area contributed by atoms with Gasteiger partial charge in [0, 0.05) is 5.56 Å². The molecule has 0 amide bonds. The largest absolute Gasteiger partial charge is 0.345 e. The van der Waals surface area contributed by atoms with Crippen molar-refractivity contribution in [2.75, 3.05) is 0 Å². The fourth-order valence-electron chi connectivity index (χ4n) is 3.52. The molecular weight excluding hydrogens is 352 g/mol. The van der Waals surface area contributed by atoms with Crippen LogP contribution in [0.1, 0.15) is 25.3 Å². The Morgan fingerprint density at radius 2 is 1.89 bits per heavy atom. The monoisotopic (exact) mass is 370 g/mol. The van der Waals surface area contributed by atoms with Crippen LogP contribution in [0.2, 0.25) is 0 Å². The Morgan fingerprint density at radius 1 is 1.04 bits per heavy atom. The van der Waals surface area contributed by atoms with Gasteiger partial charge in [-0.15, -0.1) is 0 Å². The van der Waals surface area contributed by atoms with E-state index in [0.717, 1.165) is 27.8 Å². The van der Waals surface area contributed by atoms with Gasteiger partial charge >= 0.3 is 5.69 Å². The lowest BCUT2D eigenvalue weighted by Crippen LogP contribution is -2.17. The van der Waals surface area contributed by atoms with Crippen LogP contribution < -0.4 is 5.69 Å². The van der Waals surface area contributed by atoms with Crippen LogP contribution in [0, 0.1) is 0 Å². The average molecular weight is 370 g/mol. The number of imidazole rings is 2. The van der Waals surface area contributed by atoms with Crippen LogP contribution in [-0.4, -0.2) is 29.5 Å². The highest BCUT2D eigenvalue weighted by atomic mass is 16.1. The number of rotatable bonds is 3. The molecule has 0 radical (unpaired) electrons. The van der Waals surface area contributed by atoms with E-state index < -0.39 is 0 Å². The first-order chi connectivity index (χ1) is 13.6. The molecule has 0 bridgehead atoms. The minimum absolute atomic E-state index is 0.224. The van der Waals surface area contributed by atoms with Crippen LogP contribution in [0.5, 0.6) is 0 Å². The van der Waals surface area contributed by atoms with E-state index in [9.17, 15) is 4.79 Å². The van der Waals surface area contributed by atoms with Gasteiger partial charge in [0.25, 0.3) is 0 Å². The van der Waals surface area contributed by atoms with Crippen LogP contribution in [0.15, 0.2) is 59.8 Å². The Labute approximate surface area is 160 Å². The van der Waals surface area contributed by atoms with Crippen molar-refractivity contribution in [2.24, 2.45) is 0 Å². The lowest BCUT2D eigenvalue weighted by atomic mass is 10.0. The Balaban J connectivity index is 1.74. The second-order valence-electron chi connectivity index (χ2n) is 7.04. The first-order valence-corrected chi connectivity index (χ1v) is 9.12. The molecular formula is C21H18N6O. The molecule has 0 saturated heterocycles. The average Bonchev–Trinajstić information content (AvgIpc) is 3.29. The van der Waals surface area contributed by atoms with Gasteiger partial charge in [-0.25, -0.2) is 24.3 Å². The van der Waals surface area contributed by atoms with E-state index in [1.54, 1.807) is 17.1 Å². The molecule has 7 nitrogen and oxygen atoms in total. The first kappa shape index (κ1) is 16.4. The molecule has 0 atom stereocenters. The summed E-state index contributed by atoms with van der Waals surface area (Å²) in [5.41, 5.74) is 5.52. The second kappa shape index (κ2) is 6.16. The number of para-hydroxylation sites is 1. The number of nitrogens with one attached hydrogen (secondary N) is 2. The van der Waals surface area contributed by atoms with Gasteiger partial charge in [0.2, 0.25) is 0 Å². The van der Waals surface area contributed by atoms with Gasteiger partial charge in [-0.05, 0) is 35.7 Å². The number of hydrogen-bond donors (Lipinski definition) is 2. The Kier molecular flexibility index (Phi) is 3.61. The van der Waals surface area contributed by atoms with E-state index in [1.165, 1.54) is 0 Å². The van der Waals surface area contributed by atoms with E-state index in [2.05, 4.69) is 33.8 Å². The van der Waals surface area contributed by atoms with Crippen molar-refractivity contribution < 1.29 is 0 Å². The fourth-order valence-corrected chi connectivity index (χ4v) is 3.52. The van der Waals surface area contributed by atoms with Crippen molar-refractivity contribution in [3.63, 3.8) is 0 Å². The summed E-state index contributed by atoms with van der Waals surface area (Å²) in [4.78, 5) is 32.1. The van der Waals surface area contributed by atoms with Gasteiger partial charge in [-0.1, -0.05) is 32.0 Å². The van der Waals surface area contributed by atoms with E-state index in [-0.39, 0.29) is 11.6 Å². The maximum Gasteiger partial charge on any atom is 0.332 e. The highest BCUT2D eigenvalue weighted by Gasteiger charge is 2.16. The molecule has 0 aliphatic carbocycles. The minimum Gasteiger partial charge on any atom is -0.345 e. The number of aromatic amines is 2. The molecule has 28 heavy (non-hydrogen) atoms. The molecule has 2 aromatic carbocycles. The summed E-state index contributed by atoms with van der Waals surface area (Å²) in [6, 6.07) is 13.7. The molecule has 2 N–H and O–H groups in total. The van der Waals surface area contributed by atoms with Crippen LogP contribution in [0.25, 0.3) is 39.3 Å². The fraction of sp³-hybridized carbons (Fsp3) is 0.143. The van der Waals surface area contributed by atoms with E-state index in [4.69, 9.17) is 4.98 Å². The predicted molar refractivity (Wildman–Crippen MR) is 109 cm³/mol. The van der Waals surface area contributed by atoms with Crippen molar-refractivity contribution in [1.82, 2.24) is 29.5 Å². The Bertz CT molecular complexity index is 1370. The van der Waals surface area contributed by atoms with Crippen LogP contribution in [0.3, 0.4) is 0 Å². The Morgan fingerprint density at radius 3 is 2.75 bits per heavy atom. The molecule has 138 valence electrons. The molecule has 0 saturated carbocycles. The topological polar surface area (TPSA) is 92.2 Å². The lowest BCUT2D eigenvalue weighted by molar-refractivity contribution is 0.842. The van der Waals surface area contributed by atoms with E-state index in [0.29, 0.717) is 17.0 Å². The second-order valence-corrected chi connectivity index (χ2v) is 7.04. The number of nitrogens with zero attached hydrogens (tertiary/aromatic N) is 4. The van der Waals surface area contributed by atoms with Crippen LogP contribution in [-0.2, 0) is 0 Å². The summed E-state index contributed by atoms with van der Waals surface area (Å²) in [6.07, 6.45) is 3.32. The lowest BCUT2D eigenvalue weighted by Gasteiger charge is -2.13. The third-order valence-corrected chi connectivity index (χ3v) is 4.90. The zero-order valence-corrected chi connectivity index (χ0v) is 15.5. The maximum absolute atomic E-state index is 12.7. The molecule has 5 rings (SSSR count). The molecule has 3 heterocycles. The maximum atomic E-state index is 12.7. The standard InChI is InChI=1S/C21H18N6O/c1-12(2)14-5-3-4-6-18(14)27-20-17(25-21(27)28)10-22-19(26-20)13-7-8-15-16(9-13)24-11-23-15/h3-12H,1-2H3,(H,23,24)(H,25,28). The third-order valence-electron chi connectivity index (χ3n) is 4.90. The van der Waals surface area contributed by atoms with Gasteiger partial charge in [-0.2, -0.15) is 0 Å². The molecule has 3 aromatic heterocycles. The van der Waals surface area contributed by atoms with Gasteiger partial charge in [-0.3, -0.25) is 0 Å². The summed E-state index contributed by atoms with van der Waals surface area (Å²) in [5.74, 6) is 0.830. The molecule has 5 aromatic rings. The number of hydrogen-bond acceptors (Lipinski definition) is 4. The zero-order valence-electron chi connectivity index (χ0n) is 15.5. The van der Waals surface area contributed by atoms with Crippen molar-refractivity contribution in [3.05, 3.63) is 71.0 Å². The molecule has 0 aliphatic heterocycles. The molecule has 0 aliphatic rings. The Hall–Kier alpha value is -3.74. The van der Waals surface area contributed by atoms with Crippen molar-refractivity contribution in [2.45, 2.75) is 19.8 Å². The third kappa shape index (κ3) is 2.51. The van der Waals surface area contributed by atoms with Crippen molar-refractivity contribution in [3.8, 4) is 17.1 Å². The van der Waals surface area contributed by atoms with E-state index in [1.807, 2.05) is 42.5 Å². The summed E-state index contributed by atoms with van der Waals surface area (Å²) < 4.78 is 1.63. The number of fused-ring (bicyclic) bond motifs is 2. The number of benzene rings is 2. The van der Waals surface area contributed by atoms with Crippen molar-refractivity contribution in [1.29, 1.82) is 0 Å². The molecule has 0 unspecified atom stereocenters. The smallest absolute Gasteiger partial charge is 0.332 e. The summed E-state index contributed by atoms with van der Waals surface area (Å²) in [7, 11) is 0. The van der Waals surface area contributed by atoms with Crippen LogP contribution >= 0.6 is 0 Å². The highest BCUT2D eigenvalue weighted by molar-refractivity contribution is 5.81. The summed E-state index contributed by atoms with van der Waals surface area (Å²) >= 11 is 0.